The second-order valence-corrected chi connectivity index (χ2v) is 6.06. The fourth-order valence-electron chi connectivity index (χ4n) is 2.86. The van der Waals surface area contributed by atoms with Gasteiger partial charge in [-0.05, 0) is 12.5 Å². The SMILES string of the molecule is CCC1(O)CN(C(=O)C(C)Cn2ncc3ccccc32)C1. The number of nitrogens with zero attached hydrogens (tertiary/aromatic N) is 3. The molecular weight excluding hydrogens is 266 g/mol. The Morgan fingerprint density at radius 1 is 1.43 bits per heavy atom. The molecule has 1 fully saturated rings. The maximum Gasteiger partial charge on any atom is 0.227 e. The largest absolute Gasteiger partial charge is 0.386 e. The molecule has 1 unspecified atom stereocenters. The van der Waals surface area contributed by atoms with Gasteiger partial charge in [0.15, 0.2) is 0 Å². The van der Waals surface area contributed by atoms with Crippen molar-refractivity contribution in [2.75, 3.05) is 13.1 Å². The van der Waals surface area contributed by atoms with Crippen LogP contribution in [0.4, 0.5) is 0 Å². The third kappa shape index (κ3) is 2.53. The van der Waals surface area contributed by atoms with Crippen LogP contribution in [0.25, 0.3) is 10.9 Å². The molecule has 5 heteroatoms. The molecule has 1 aromatic carbocycles. The molecule has 1 saturated heterocycles. The number of likely N-dealkylation sites (tertiary alicyclic amines) is 1. The van der Waals surface area contributed by atoms with Gasteiger partial charge in [0.1, 0.15) is 0 Å². The standard InChI is InChI=1S/C16H21N3O2/c1-3-16(21)10-18(11-16)15(20)12(2)9-19-14-7-5-4-6-13(14)8-17-19/h4-8,12,21H,3,9-11H2,1-2H3. The minimum absolute atomic E-state index is 0.0905. The van der Waals surface area contributed by atoms with E-state index in [0.29, 0.717) is 26.1 Å². The van der Waals surface area contributed by atoms with Crippen molar-refractivity contribution in [3.63, 3.8) is 0 Å². The monoisotopic (exact) mass is 287 g/mol. The van der Waals surface area contributed by atoms with Crippen LogP contribution in [0.5, 0.6) is 0 Å². The molecule has 1 amide bonds. The van der Waals surface area contributed by atoms with Gasteiger partial charge in [-0.1, -0.05) is 32.0 Å². The van der Waals surface area contributed by atoms with Gasteiger partial charge in [-0.2, -0.15) is 5.10 Å². The molecule has 0 aliphatic carbocycles. The van der Waals surface area contributed by atoms with E-state index in [0.717, 1.165) is 10.9 Å². The van der Waals surface area contributed by atoms with Gasteiger partial charge in [0.2, 0.25) is 5.91 Å². The lowest BCUT2D eigenvalue weighted by molar-refractivity contribution is -0.159. The Morgan fingerprint density at radius 3 is 2.86 bits per heavy atom. The summed E-state index contributed by atoms with van der Waals surface area (Å²) in [6.45, 7) is 5.33. The second-order valence-electron chi connectivity index (χ2n) is 6.06. The Morgan fingerprint density at radius 2 is 2.14 bits per heavy atom. The number of aromatic nitrogens is 2. The van der Waals surface area contributed by atoms with Crippen LogP contribution in [0.3, 0.4) is 0 Å². The van der Waals surface area contributed by atoms with Crippen LogP contribution in [0, 0.1) is 5.92 Å². The molecule has 1 N–H and O–H groups in total. The lowest BCUT2D eigenvalue weighted by Gasteiger charge is -2.47. The molecule has 2 heterocycles. The zero-order valence-electron chi connectivity index (χ0n) is 12.5. The first-order valence-electron chi connectivity index (χ1n) is 7.44. The van der Waals surface area contributed by atoms with Gasteiger partial charge in [0.25, 0.3) is 0 Å². The molecule has 1 aliphatic heterocycles. The minimum Gasteiger partial charge on any atom is -0.386 e. The van der Waals surface area contributed by atoms with Gasteiger partial charge in [-0.3, -0.25) is 9.48 Å². The number of β-amino-alcohol motifs (C(OH)–C–C–N with tert-alkyl or cyclic N) is 1. The number of aliphatic hydroxyl groups is 1. The van der Waals surface area contributed by atoms with Crippen LogP contribution in [-0.4, -0.2) is 44.4 Å². The molecule has 2 aromatic rings. The highest BCUT2D eigenvalue weighted by Gasteiger charge is 2.42. The molecule has 0 bridgehead atoms. The average molecular weight is 287 g/mol. The first-order valence-corrected chi connectivity index (χ1v) is 7.44. The average Bonchev–Trinajstić information content (AvgIpc) is 2.86. The number of hydrogen-bond acceptors (Lipinski definition) is 3. The molecule has 0 saturated carbocycles. The summed E-state index contributed by atoms with van der Waals surface area (Å²) in [5.74, 6) is -0.0533. The summed E-state index contributed by atoms with van der Waals surface area (Å²) in [4.78, 5) is 14.1. The van der Waals surface area contributed by atoms with Crippen molar-refractivity contribution in [1.82, 2.24) is 14.7 Å². The third-order valence-electron chi connectivity index (χ3n) is 4.36. The number of para-hydroxylation sites is 1. The number of hydrogen-bond donors (Lipinski definition) is 1. The number of benzene rings is 1. The Bertz CT molecular complexity index is 658. The first-order chi connectivity index (χ1) is 10.0. The van der Waals surface area contributed by atoms with Crippen LogP contribution >= 0.6 is 0 Å². The van der Waals surface area contributed by atoms with Crippen molar-refractivity contribution >= 4 is 16.8 Å². The molecule has 5 nitrogen and oxygen atoms in total. The van der Waals surface area contributed by atoms with E-state index in [4.69, 9.17) is 0 Å². The third-order valence-corrected chi connectivity index (χ3v) is 4.36. The summed E-state index contributed by atoms with van der Waals surface area (Å²) >= 11 is 0. The summed E-state index contributed by atoms with van der Waals surface area (Å²) in [5, 5.41) is 15.5. The normalized spacial score (nSPS) is 18.5. The summed E-state index contributed by atoms with van der Waals surface area (Å²) in [5.41, 5.74) is 0.374. The zero-order chi connectivity index (χ0) is 15.0. The van der Waals surface area contributed by atoms with Gasteiger partial charge < -0.3 is 10.0 Å². The van der Waals surface area contributed by atoms with Crippen LogP contribution in [0.1, 0.15) is 20.3 Å². The van der Waals surface area contributed by atoms with Crippen LogP contribution < -0.4 is 0 Å². The van der Waals surface area contributed by atoms with E-state index in [-0.39, 0.29) is 11.8 Å². The predicted molar refractivity (Wildman–Crippen MR) is 80.7 cm³/mol. The van der Waals surface area contributed by atoms with E-state index in [1.54, 1.807) is 4.90 Å². The molecule has 1 atom stereocenters. The van der Waals surface area contributed by atoms with E-state index in [9.17, 15) is 9.90 Å². The predicted octanol–water partition coefficient (Wildman–Crippen LogP) is 1.66. The van der Waals surface area contributed by atoms with Crippen LogP contribution in [0.15, 0.2) is 30.5 Å². The van der Waals surface area contributed by atoms with E-state index in [1.165, 1.54) is 0 Å². The number of fused-ring (bicyclic) bond motifs is 1. The van der Waals surface area contributed by atoms with Gasteiger partial charge in [0.05, 0.1) is 42.9 Å². The molecule has 0 radical (unpaired) electrons. The lowest BCUT2D eigenvalue weighted by Crippen LogP contribution is -2.64. The van der Waals surface area contributed by atoms with Gasteiger partial charge in [-0.25, -0.2) is 0 Å². The summed E-state index contributed by atoms with van der Waals surface area (Å²) in [7, 11) is 0. The van der Waals surface area contributed by atoms with Crippen LogP contribution in [0.2, 0.25) is 0 Å². The number of carbonyl (C=O) groups excluding carboxylic acids is 1. The van der Waals surface area contributed by atoms with E-state index in [2.05, 4.69) is 5.10 Å². The minimum atomic E-state index is -0.673. The number of rotatable bonds is 4. The fraction of sp³-hybridized carbons (Fsp3) is 0.500. The van der Waals surface area contributed by atoms with Gasteiger partial charge in [0, 0.05) is 5.39 Å². The van der Waals surface area contributed by atoms with Crippen molar-refractivity contribution < 1.29 is 9.90 Å². The second kappa shape index (κ2) is 5.15. The molecule has 1 aromatic heterocycles. The Kier molecular flexibility index (Phi) is 3.45. The molecule has 21 heavy (non-hydrogen) atoms. The number of carbonyl (C=O) groups is 1. The zero-order valence-corrected chi connectivity index (χ0v) is 12.5. The van der Waals surface area contributed by atoms with Crippen molar-refractivity contribution in [3.8, 4) is 0 Å². The van der Waals surface area contributed by atoms with Crippen molar-refractivity contribution in [2.24, 2.45) is 5.92 Å². The Labute approximate surface area is 124 Å². The highest BCUT2D eigenvalue weighted by Crippen LogP contribution is 2.26. The molecular formula is C16H21N3O2. The van der Waals surface area contributed by atoms with E-state index in [1.807, 2.05) is 49.0 Å². The Hall–Kier alpha value is -1.88. The molecule has 1 aliphatic rings. The summed E-state index contributed by atoms with van der Waals surface area (Å²) < 4.78 is 1.88. The van der Waals surface area contributed by atoms with E-state index < -0.39 is 5.60 Å². The van der Waals surface area contributed by atoms with Gasteiger partial charge in [-0.15, -0.1) is 0 Å². The molecule has 3 rings (SSSR count). The fourth-order valence-corrected chi connectivity index (χ4v) is 2.86. The highest BCUT2D eigenvalue weighted by molar-refractivity contribution is 5.81. The van der Waals surface area contributed by atoms with E-state index >= 15 is 0 Å². The summed E-state index contributed by atoms with van der Waals surface area (Å²) in [6, 6.07) is 7.99. The maximum atomic E-state index is 12.4. The highest BCUT2D eigenvalue weighted by atomic mass is 16.3. The van der Waals surface area contributed by atoms with Crippen molar-refractivity contribution in [3.05, 3.63) is 30.5 Å². The molecule has 112 valence electrons. The lowest BCUT2D eigenvalue weighted by atomic mass is 9.90. The quantitative estimate of drug-likeness (QED) is 0.930. The topological polar surface area (TPSA) is 58.4 Å². The van der Waals surface area contributed by atoms with Crippen molar-refractivity contribution in [2.45, 2.75) is 32.4 Å². The maximum absolute atomic E-state index is 12.4. The first kappa shape index (κ1) is 14.1. The number of amides is 1. The Balaban J connectivity index is 1.67. The smallest absolute Gasteiger partial charge is 0.227 e. The van der Waals surface area contributed by atoms with Crippen molar-refractivity contribution in [1.29, 1.82) is 0 Å². The molecule has 0 spiro atoms. The summed E-state index contributed by atoms with van der Waals surface area (Å²) in [6.07, 6.45) is 2.51. The van der Waals surface area contributed by atoms with Gasteiger partial charge >= 0.3 is 0 Å². The van der Waals surface area contributed by atoms with Crippen LogP contribution in [-0.2, 0) is 11.3 Å².